The predicted octanol–water partition coefficient (Wildman–Crippen LogP) is 4.83. The van der Waals surface area contributed by atoms with Crippen LogP contribution in [-0.2, 0) is 19.1 Å². The molecular weight excluding hydrogens is 518 g/mol. The number of hydrogen-bond acceptors (Lipinski definition) is 9. The van der Waals surface area contributed by atoms with Crippen molar-refractivity contribution in [3.05, 3.63) is 106 Å². The Balaban J connectivity index is 1.69. The van der Waals surface area contributed by atoms with Gasteiger partial charge >= 0.3 is 11.9 Å². The third-order valence-electron chi connectivity index (χ3n) is 5.79. The number of amides is 1. The summed E-state index contributed by atoms with van der Waals surface area (Å²) in [6.45, 7) is 1.85. The number of hydrogen-bond donors (Lipinski definition) is 2. The van der Waals surface area contributed by atoms with E-state index in [1.165, 1.54) is 13.4 Å². The number of methoxy groups -OCH3 is 1. The second-order valence-electron chi connectivity index (χ2n) is 8.18. The Hall–Kier alpha value is -4.75. The highest BCUT2D eigenvalue weighted by molar-refractivity contribution is 8.03. The Labute approximate surface area is 229 Å². The highest BCUT2D eigenvalue weighted by Gasteiger charge is 2.39. The van der Waals surface area contributed by atoms with Crippen LogP contribution in [0, 0.1) is 11.3 Å². The standard InChI is InChI=1S/C29H25N3O6S/c1-3-37-29(35)25-24(22-14-9-15-38-22)20(16-30)27(32-26(25)18-10-5-4-6-11-18)39-17-23(33)31-21-13-8-7-12-19(21)28(34)36-2/h4-15,24,32H,3,17H2,1-2H3,(H,31,33). The molecule has 3 aromatic rings. The number of esters is 2. The molecule has 1 amide bonds. The summed E-state index contributed by atoms with van der Waals surface area (Å²) in [5.74, 6) is -2.12. The summed E-state index contributed by atoms with van der Waals surface area (Å²) in [6, 6.07) is 21.2. The number of carbonyl (C=O) groups excluding carboxylic acids is 3. The highest BCUT2D eigenvalue weighted by atomic mass is 32.2. The quantitative estimate of drug-likeness (QED) is 0.364. The summed E-state index contributed by atoms with van der Waals surface area (Å²) < 4.78 is 15.8. The van der Waals surface area contributed by atoms with Crippen molar-refractivity contribution in [3.63, 3.8) is 0 Å². The smallest absolute Gasteiger partial charge is 0.339 e. The van der Waals surface area contributed by atoms with Crippen LogP contribution in [-0.4, -0.2) is 37.3 Å². The van der Waals surface area contributed by atoms with E-state index in [0.717, 1.165) is 11.8 Å². The number of anilines is 1. The number of nitrogens with zero attached hydrogens (tertiary/aromatic N) is 1. The van der Waals surface area contributed by atoms with Crippen LogP contribution in [0.4, 0.5) is 5.69 Å². The first-order chi connectivity index (χ1) is 19.0. The van der Waals surface area contributed by atoms with E-state index in [9.17, 15) is 19.6 Å². The molecule has 0 radical (unpaired) electrons. The monoisotopic (exact) mass is 543 g/mol. The van der Waals surface area contributed by atoms with Crippen LogP contribution < -0.4 is 10.6 Å². The second kappa shape index (κ2) is 12.7. The molecule has 4 rings (SSSR count). The largest absolute Gasteiger partial charge is 0.468 e. The van der Waals surface area contributed by atoms with E-state index in [-0.39, 0.29) is 29.1 Å². The lowest BCUT2D eigenvalue weighted by molar-refractivity contribution is -0.138. The van der Waals surface area contributed by atoms with Gasteiger partial charge < -0.3 is 24.5 Å². The zero-order valence-electron chi connectivity index (χ0n) is 21.2. The third kappa shape index (κ3) is 6.05. The summed E-state index contributed by atoms with van der Waals surface area (Å²) in [5, 5.41) is 16.5. The lowest BCUT2D eigenvalue weighted by atomic mass is 9.84. The Morgan fingerprint density at radius 1 is 1.05 bits per heavy atom. The van der Waals surface area contributed by atoms with Gasteiger partial charge in [0.1, 0.15) is 5.76 Å². The van der Waals surface area contributed by atoms with E-state index in [0.29, 0.717) is 27.7 Å². The lowest BCUT2D eigenvalue weighted by Crippen LogP contribution is -2.29. The minimum Gasteiger partial charge on any atom is -0.468 e. The van der Waals surface area contributed by atoms with E-state index in [1.54, 1.807) is 43.3 Å². The summed E-state index contributed by atoms with van der Waals surface area (Å²) in [7, 11) is 1.26. The maximum atomic E-state index is 13.2. The van der Waals surface area contributed by atoms with E-state index >= 15 is 0 Å². The molecule has 2 aromatic carbocycles. The van der Waals surface area contributed by atoms with Crippen molar-refractivity contribution in [1.82, 2.24) is 5.32 Å². The van der Waals surface area contributed by atoms with Crippen molar-refractivity contribution in [2.45, 2.75) is 12.8 Å². The highest BCUT2D eigenvalue weighted by Crippen LogP contribution is 2.43. The summed E-state index contributed by atoms with van der Waals surface area (Å²) in [5.41, 5.74) is 2.12. The number of rotatable bonds is 9. The lowest BCUT2D eigenvalue weighted by Gasteiger charge is -2.29. The predicted molar refractivity (Wildman–Crippen MR) is 146 cm³/mol. The summed E-state index contributed by atoms with van der Waals surface area (Å²) in [6.07, 6.45) is 1.47. The maximum Gasteiger partial charge on any atom is 0.339 e. The summed E-state index contributed by atoms with van der Waals surface area (Å²) in [4.78, 5) is 38.2. The van der Waals surface area contributed by atoms with Gasteiger partial charge in [-0.2, -0.15) is 5.26 Å². The van der Waals surface area contributed by atoms with Crippen molar-refractivity contribution in [2.75, 3.05) is 24.8 Å². The average molecular weight is 544 g/mol. The zero-order valence-corrected chi connectivity index (χ0v) is 22.0. The van der Waals surface area contributed by atoms with Gasteiger partial charge in [0, 0.05) is 0 Å². The van der Waals surface area contributed by atoms with Gasteiger partial charge in [0.2, 0.25) is 5.91 Å². The van der Waals surface area contributed by atoms with Gasteiger partial charge in [0.05, 0.1) is 70.8 Å². The number of carbonyl (C=O) groups is 3. The Morgan fingerprint density at radius 2 is 1.79 bits per heavy atom. The van der Waals surface area contributed by atoms with E-state index in [1.807, 2.05) is 30.3 Å². The molecule has 0 saturated carbocycles. The molecular formula is C29H25N3O6S. The van der Waals surface area contributed by atoms with E-state index < -0.39 is 23.8 Å². The fourth-order valence-corrected chi connectivity index (χ4v) is 4.94. The number of nitrogens with one attached hydrogen (secondary N) is 2. The van der Waals surface area contributed by atoms with Crippen LogP contribution in [0.1, 0.15) is 34.5 Å². The average Bonchev–Trinajstić information content (AvgIpc) is 3.50. The van der Waals surface area contributed by atoms with Crippen molar-refractivity contribution < 1.29 is 28.3 Å². The molecule has 2 N–H and O–H groups in total. The Kier molecular flexibility index (Phi) is 8.86. The number of furan rings is 1. The van der Waals surface area contributed by atoms with Gasteiger partial charge in [-0.25, -0.2) is 9.59 Å². The molecule has 10 heteroatoms. The van der Waals surface area contributed by atoms with Crippen LogP contribution in [0.15, 0.2) is 93.6 Å². The number of benzene rings is 2. The van der Waals surface area contributed by atoms with Gasteiger partial charge in [-0.15, -0.1) is 0 Å². The van der Waals surface area contributed by atoms with Crippen molar-refractivity contribution in [1.29, 1.82) is 5.26 Å². The molecule has 198 valence electrons. The molecule has 1 aromatic heterocycles. The number of nitriles is 1. The third-order valence-corrected chi connectivity index (χ3v) is 6.81. The molecule has 0 aliphatic carbocycles. The molecule has 1 aliphatic rings. The number of thioether (sulfide) groups is 1. The first-order valence-corrected chi connectivity index (χ1v) is 13.0. The molecule has 0 bridgehead atoms. The number of dihydropyridines is 1. The normalized spacial score (nSPS) is 14.7. The van der Waals surface area contributed by atoms with Crippen LogP contribution >= 0.6 is 11.8 Å². The van der Waals surface area contributed by atoms with Crippen LogP contribution in [0.25, 0.3) is 5.70 Å². The molecule has 0 spiro atoms. The first kappa shape index (κ1) is 27.3. The second-order valence-corrected chi connectivity index (χ2v) is 9.16. The van der Waals surface area contributed by atoms with Crippen molar-refractivity contribution in [2.24, 2.45) is 0 Å². The van der Waals surface area contributed by atoms with E-state index in [4.69, 9.17) is 13.9 Å². The maximum absolute atomic E-state index is 13.2. The minimum atomic E-state index is -0.855. The number of para-hydroxylation sites is 1. The van der Waals surface area contributed by atoms with Gasteiger partial charge in [-0.1, -0.05) is 54.2 Å². The molecule has 1 unspecified atom stereocenters. The molecule has 9 nitrogen and oxygen atoms in total. The molecule has 2 heterocycles. The SMILES string of the molecule is CCOC(=O)C1=C(c2ccccc2)NC(SCC(=O)Nc2ccccc2C(=O)OC)=C(C#N)C1c1ccco1. The number of ether oxygens (including phenoxy) is 2. The van der Waals surface area contributed by atoms with Gasteiger partial charge in [0.15, 0.2) is 0 Å². The van der Waals surface area contributed by atoms with Gasteiger partial charge in [-0.05, 0) is 36.8 Å². The number of allylic oxidation sites excluding steroid dienone is 1. The molecule has 1 atom stereocenters. The fourth-order valence-electron chi connectivity index (χ4n) is 4.10. The topological polar surface area (TPSA) is 131 Å². The molecule has 39 heavy (non-hydrogen) atoms. The van der Waals surface area contributed by atoms with Crippen LogP contribution in [0.5, 0.6) is 0 Å². The van der Waals surface area contributed by atoms with Crippen LogP contribution in [0.2, 0.25) is 0 Å². The Bertz CT molecular complexity index is 1470. The van der Waals surface area contributed by atoms with Gasteiger partial charge in [0.25, 0.3) is 0 Å². The first-order valence-electron chi connectivity index (χ1n) is 12.0. The van der Waals surface area contributed by atoms with Crippen molar-refractivity contribution in [3.8, 4) is 6.07 Å². The van der Waals surface area contributed by atoms with Crippen molar-refractivity contribution >= 4 is 41.0 Å². The Morgan fingerprint density at radius 3 is 2.46 bits per heavy atom. The van der Waals surface area contributed by atoms with E-state index in [2.05, 4.69) is 16.7 Å². The molecule has 0 saturated heterocycles. The molecule has 1 aliphatic heterocycles. The van der Waals surface area contributed by atoms with Gasteiger partial charge in [-0.3, -0.25) is 4.79 Å². The molecule has 0 fully saturated rings. The fraction of sp³-hybridized carbons (Fsp3) is 0.172. The zero-order chi connectivity index (χ0) is 27.8. The minimum absolute atomic E-state index is 0.0926. The summed E-state index contributed by atoms with van der Waals surface area (Å²) >= 11 is 1.09. The van der Waals surface area contributed by atoms with Crippen LogP contribution in [0.3, 0.4) is 0 Å².